The lowest BCUT2D eigenvalue weighted by molar-refractivity contribution is -0.131. The Balaban J connectivity index is 1.32. The average Bonchev–Trinajstić information content (AvgIpc) is 3.52. The molecule has 164 valence electrons. The Morgan fingerprint density at radius 3 is 2.72 bits per heavy atom. The van der Waals surface area contributed by atoms with Crippen molar-refractivity contribution in [2.24, 2.45) is 0 Å². The Hall–Kier alpha value is -4.07. The smallest absolute Gasteiger partial charge is 0.268 e. The van der Waals surface area contributed by atoms with E-state index in [0.29, 0.717) is 6.54 Å². The molecule has 1 aliphatic heterocycles. The van der Waals surface area contributed by atoms with Crippen molar-refractivity contribution in [1.82, 2.24) is 29.8 Å². The van der Waals surface area contributed by atoms with Gasteiger partial charge in [-0.05, 0) is 23.8 Å². The highest BCUT2D eigenvalue weighted by Gasteiger charge is 2.47. The van der Waals surface area contributed by atoms with Crippen molar-refractivity contribution >= 4 is 11.8 Å². The van der Waals surface area contributed by atoms with E-state index in [-0.39, 0.29) is 5.56 Å². The molecule has 0 saturated carbocycles. The lowest BCUT2D eigenvalue weighted by Crippen LogP contribution is -2.42. The SMILES string of the molecule is N#C[C@@H]1CC(F)(F)CN1C(=O)CNC(=O)c1cnn(Cc2ccc(-n3cccn3)cc2)c1. The second kappa shape index (κ2) is 8.58. The van der Waals surface area contributed by atoms with Gasteiger partial charge in [0.05, 0.1) is 43.2 Å². The maximum atomic E-state index is 13.5. The summed E-state index contributed by atoms with van der Waals surface area (Å²) in [5, 5.41) is 19.7. The zero-order valence-electron chi connectivity index (χ0n) is 16.9. The summed E-state index contributed by atoms with van der Waals surface area (Å²) in [5.74, 6) is -4.39. The van der Waals surface area contributed by atoms with E-state index in [0.717, 1.165) is 16.2 Å². The van der Waals surface area contributed by atoms with Crippen molar-refractivity contribution in [2.75, 3.05) is 13.1 Å². The van der Waals surface area contributed by atoms with Gasteiger partial charge in [-0.15, -0.1) is 0 Å². The van der Waals surface area contributed by atoms with E-state index in [9.17, 15) is 18.4 Å². The molecule has 3 aromatic rings. The number of nitriles is 1. The molecule has 2 aromatic heterocycles. The number of alkyl halides is 2. The Bertz CT molecular complexity index is 1150. The maximum Gasteiger partial charge on any atom is 0.268 e. The van der Waals surface area contributed by atoms with Crippen LogP contribution in [-0.2, 0) is 11.3 Å². The molecule has 1 fully saturated rings. The van der Waals surface area contributed by atoms with Crippen molar-refractivity contribution in [2.45, 2.75) is 24.9 Å². The fraction of sp³-hybridized carbons (Fsp3) is 0.286. The number of nitrogens with one attached hydrogen (secondary N) is 1. The van der Waals surface area contributed by atoms with Gasteiger partial charge in [0.15, 0.2) is 0 Å². The highest BCUT2D eigenvalue weighted by Crippen LogP contribution is 2.31. The van der Waals surface area contributed by atoms with Gasteiger partial charge < -0.3 is 10.2 Å². The number of benzene rings is 1. The van der Waals surface area contributed by atoms with Gasteiger partial charge in [0, 0.05) is 25.0 Å². The number of hydrogen-bond acceptors (Lipinski definition) is 5. The Labute approximate surface area is 181 Å². The summed E-state index contributed by atoms with van der Waals surface area (Å²) in [5.41, 5.74) is 2.11. The lowest BCUT2D eigenvalue weighted by atomic mass is 10.2. The van der Waals surface area contributed by atoms with Gasteiger partial charge in [-0.2, -0.15) is 15.5 Å². The van der Waals surface area contributed by atoms with Crippen LogP contribution in [0.4, 0.5) is 8.78 Å². The molecule has 2 amide bonds. The topological polar surface area (TPSA) is 109 Å². The normalized spacial score (nSPS) is 17.2. The zero-order chi connectivity index (χ0) is 22.7. The largest absolute Gasteiger partial charge is 0.343 e. The molecule has 9 nitrogen and oxygen atoms in total. The van der Waals surface area contributed by atoms with E-state index >= 15 is 0 Å². The zero-order valence-corrected chi connectivity index (χ0v) is 16.9. The molecule has 0 bridgehead atoms. The summed E-state index contributed by atoms with van der Waals surface area (Å²) < 4.78 is 30.3. The predicted octanol–water partition coefficient (Wildman–Crippen LogP) is 1.61. The van der Waals surface area contributed by atoms with E-state index in [2.05, 4.69) is 15.5 Å². The summed E-state index contributed by atoms with van der Waals surface area (Å²) in [7, 11) is 0. The van der Waals surface area contributed by atoms with Crippen LogP contribution < -0.4 is 5.32 Å². The first kappa shape index (κ1) is 21.2. The van der Waals surface area contributed by atoms with E-state index in [4.69, 9.17) is 5.26 Å². The Kier molecular flexibility index (Phi) is 5.68. The van der Waals surface area contributed by atoms with Crippen LogP contribution in [0.3, 0.4) is 0 Å². The quantitative estimate of drug-likeness (QED) is 0.628. The van der Waals surface area contributed by atoms with Gasteiger partial charge in [-0.25, -0.2) is 13.5 Å². The number of rotatable bonds is 6. The van der Waals surface area contributed by atoms with Crippen molar-refractivity contribution in [1.29, 1.82) is 5.26 Å². The van der Waals surface area contributed by atoms with Crippen LogP contribution in [0.2, 0.25) is 0 Å². The molecule has 0 aliphatic carbocycles. The van der Waals surface area contributed by atoms with Crippen molar-refractivity contribution in [3.05, 3.63) is 66.2 Å². The molecule has 0 unspecified atom stereocenters. The minimum Gasteiger partial charge on any atom is -0.343 e. The van der Waals surface area contributed by atoms with E-state index in [1.54, 1.807) is 21.6 Å². The molecule has 1 aromatic carbocycles. The molecule has 0 spiro atoms. The number of amides is 2. The van der Waals surface area contributed by atoms with Gasteiger partial charge in [0.25, 0.3) is 11.8 Å². The third kappa shape index (κ3) is 4.64. The second-order valence-corrected chi connectivity index (χ2v) is 7.45. The van der Waals surface area contributed by atoms with Crippen LogP contribution in [-0.4, -0.2) is 61.3 Å². The molecule has 1 N–H and O–H groups in total. The van der Waals surface area contributed by atoms with Crippen molar-refractivity contribution in [3.63, 3.8) is 0 Å². The van der Waals surface area contributed by atoms with Gasteiger partial charge in [0.2, 0.25) is 5.91 Å². The minimum atomic E-state index is -3.10. The van der Waals surface area contributed by atoms with Crippen LogP contribution in [0.1, 0.15) is 22.3 Å². The second-order valence-electron chi connectivity index (χ2n) is 7.45. The van der Waals surface area contributed by atoms with Gasteiger partial charge in [0.1, 0.15) is 6.04 Å². The van der Waals surface area contributed by atoms with Crippen LogP contribution in [0.5, 0.6) is 0 Å². The Morgan fingerprint density at radius 2 is 2.03 bits per heavy atom. The first-order valence-corrected chi connectivity index (χ1v) is 9.81. The summed E-state index contributed by atoms with van der Waals surface area (Å²) in [6.45, 7) is -0.872. The number of likely N-dealkylation sites (tertiary alicyclic amines) is 1. The molecule has 4 rings (SSSR count). The standard InChI is InChI=1S/C21H19F2N7O2/c22-21(23)8-18(9-24)29(14-21)19(31)11-25-20(32)16-10-27-28(13-16)12-15-2-4-17(5-3-15)30-7-1-6-26-30/h1-7,10,13,18H,8,11-12,14H2,(H,25,32)/t18-/m0/s1. The number of nitrogens with zero attached hydrogens (tertiary/aromatic N) is 6. The van der Waals surface area contributed by atoms with E-state index in [1.165, 1.54) is 12.4 Å². The van der Waals surface area contributed by atoms with Crippen molar-refractivity contribution < 1.29 is 18.4 Å². The number of halogens is 2. The fourth-order valence-corrected chi connectivity index (χ4v) is 3.48. The average molecular weight is 439 g/mol. The third-order valence-corrected chi connectivity index (χ3v) is 5.08. The highest BCUT2D eigenvalue weighted by molar-refractivity contribution is 5.96. The van der Waals surface area contributed by atoms with Gasteiger partial charge in [-0.3, -0.25) is 14.3 Å². The van der Waals surface area contributed by atoms with Gasteiger partial charge >= 0.3 is 0 Å². The first-order chi connectivity index (χ1) is 15.3. The van der Waals surface area contributed by atoms with Crippen LogP contribution in [0.15, 0.2) is 55.1 Å². The molecule has 1 atom stereocenters. The molecular formula is C21H19F2N7O2. The highest BCUT2D eigenvalue weighted by atomic mass is 19.3. The monoisotopic (exact) mass is 439 g/mol. The fourth-order valence-electron chi connectivity index (χ4n) is 3.48. The summed E-state index contributed by atoms with van der Waals surface area (Å²) in [6.07, 6.45) is 5.73. The molecule has 32 heavy (non-hydrogen) atoms. The number of carbonyl (C=O) groups is 2. The predicted molar refractivity (Wildman–Crippen MR) is 108 cm³/mol. The number of carbonyl (C=O) groups excluding carboxylic acids is 2. The molecule has 0 radical (unpaired) electrons. The van der Waals surface area contributed by atoms with Crippen LogP contribution in [0.25, 0.3) is 5.69 Å². The lowest BCUT2D eigenvalue weighted by Gasteiger charge is -2.19. The first-order valence-electron chi connectivity index (χ1n) is 9.81. The Morgan fingerprint density at radius 1 is 1.25 bits per heavy atom. The summed E-state index contributed by atoms with van der Waals surface area (Å²) in [4.78, 5) is 25.3. The molecule has 11 heteroatoms. The third-order valence-electron chi connectivity index (χ3n) is 5.08. The van der Waals surface area contributed by atoms with Crippen LogP contribution >= 0.6 is 0 Å². The molecule has 1 saturated heterocycles. The maximum absolute atomic E-state index is 13.5. The molecule has 3 heterocycles. The van der Waals surface area contributed by atoms with Crippen LogP contribution in [0, 0.1) is 11.3 Å². The van der Waals surface area contributed by atoms with Gasteiger partial charge in [-0.1, -0.05) is 12.1 Å². The summed E-state index contributed by atoms with van der Waals surface area (Å²) in [6, 6.07) is 10.0. The molecular weight excluding hydrogens is 420 g/mol. The number of hydrogen-bond donors (Lipinski definition) is 1. The number of aromatic nitrogens is 4. The van der Waals surface area contributed by atoms with E-state index < -0.39 is 43.3 Å². The molecule has 1 aliphatic rings. The summed E-state index contributed by atoms with van der Waals surface area (Å²) >= 11 is 0. The minimum absolute atomic E-state index is 0.231. The van der Waals surface area contributed by atoms with Crippen molar-refractivity contribution in [3.8, 4) is 11.8 Å². The van der Waals surface area contributed by atoms with E-state index in [1.807, 2.05) is 36.5 Å².